The Hall–Kier alpha value is -1.08. The predicted molar refractivity (Wildman–Crippen MR) is 46.4 cm³/mol. The molecule has 4 nitrogen and oxygen atoms in total. The van der Waals surface area contributed by atoms with Crippen LogP contribution in [0.2, 0.25) is 0 Å². The van der Waals surface area contributed by atoms with Gasteiger partial charge in [-0.1, -0.05) is 6.92 Å². The molecule has 0 aromatic heterocycles. The van der Waals surface area contributed by atoms with Gasteiger partial charge < -0.3 is 10.2 Å². The molecule has 4 heteroatoms. The second kappa shape index (κ2) is 6.62. The third-order valence-electron chi connectivity index (χ3n) is 1.60. The van der Waals surface area contributed by atoms with Crippen molar-refractivity contribution in [2.45, 2.75) is 13.3 Å². The molecule has 0 aliphatic carbocycles. The minimum absolute atomic E-state index is 0.0458. The molecule has 0 heterocycles. The molecule has 12 heavy (non-hydrogen) atoms. The second-order valence-corrected chi connectivity index (χ2v) is 2.58. The summed E-state index contributed by atoms with van der Waals surface area (Å²) >= 11 is 0. The summed E-state index contributed by atoms with van der Waals surface area (Å²) in [5.74, 6) is -0.193. The van der Waals surface area contributed by atoms with E-state index >= 15 is 0 Å². The van der Waals surface area contributed by atoms with Gasteiger partial charge in [-0.3, -0.25) is 4.79 Å². The van der Waals surface area contributed by atoms with E-state index in [1.54, 1.807) is 6.07 Å². The standard InChI is InChI=1S/C8H15N3O/c1-3-11(2)7-6-10-8(12)4-5-9/h3-4,6-7H2,1-2H3,(H,10,12). The van der Waals surface area contributed by atoms with Gasteiger partial charge in [0.25, 0.3) is 0 Å². The highest BCUT2D eigenvalue weighted by molar-refractivity contribution is 5.77. The van der Waals surface area contributed by atoms with Crippen LogP contribution in [0, 0.1) is 11.3 Å². The van der Waals surface area contributed by atoms with E-state index in [-0.39, 0.29) is 12.3 Å². The van der Waals surface area contributed by atoms with Crippen molar-refractivity contribution in [3.63, 3.8) is 0 Å². The number of nitriles is 1. The summed E-state index contributed by atoms with van der Waals surface area (Å²) < 4.78 is 0. The fourth-order valence-electron chi connectivity index (χ4n) is 0.679. The van der Waals surface area contributed by atoms with Crippen LogP contribution in [0.4, 0.5) is 0 Å². The number of nitrogens with one attached hydrogen (secondary N) is 1. The number of carbonyl (C=O) groups excluding carboxylic acids is 1. The number of hydrogen-bond acceptors (Lipinski definition) is 3. The molecule has 0 aromatic carbocycles. The summed E-state index contributed by atoms with van der Waals surface area (Å²) in [6.45, 7) is 4.46. The molecule has 0 aromatic rings. The topological polar surface area (TPSA) is 56.1 Å². The van der Waals surface area contributed by atoms with Gasteiger partial charge in [-0.25, -0.2) is 0 Å². The Bertz CT molecular complexity index is 174. The van der Waals surface area contributed by atoms with E-state index in [0.29, 0.717) is 6.54 Å². The fraction of sp³-hybridized carbons (Fsp3) is 0.750. The zero-order valence-corrected chi connectivity index (χ0v) is 7.63. The minimum atomic E-state index is -0.193. The molecule has 0 unspecified atom stereocenters. The Kier molecular flexibility index (Phi) is 6.02. The molecule has 0 aliphatic rings. The highest BCUT2D eigenvalue weighted by Gasteiger charge is 1.98. The van der Waals surface area contributed by atoms with E-state index in [1.807, 2.05) is 7.05 Å². The Morgan fingerprint density at radius 3 is 2.83 bits per heavy atom. The van der Waals surface area contributed by atoms with Gasteiger partial charge >= 0.3 is 0 Å². The third kappa shape index (κ3) is 5.69. The maximum Gasteiger partial charge on any atom is 0.234 e. The maximum atomic E-state index is 10.8. The molecule has 0 fully saturated rings. The molecule has 1 amide bonds. The largest absolute Gasteiger partial charge is 0.354 e. The molecular formula is C8H15N3O. The normalized spacial score (nSPS) is 9.50. The van der Waals surface area contributed by atoms with Crippen LogP contribution < -0.4 is 5.32 Å². The van der Waals surface area contributed by atoms with Crippen LogP contribution >= 0.6 is 0 Å². The number of amides is 1. The van der Waals surface area contributed by atoms with Crippen molar-refractivity contribution in [3.8, 4) is 6.07 Å². The zero-order chi connectivity index (χ0) is 9.40. The number of rotatable bonds is 5. The lowest BCUT2D eigenvalue weighted by Gasteiger charge is -2.13. The smallest absolute Gasteiger partial charge is 0.234 e. The first-order valence-electron chi connectivity index (χ1n) is 4.03. The SMILES string of the molecule is CCN(C)CCNC(=O)CC#N. The van der Waals surface area contributed by atoms with Gasteiger partial charge in [0.1, 0.15) is 6.42 Å². The maximum absolute atomic E-state index is 10.8. The summed E-state index contributed by atoms with van der Waals surface area (Å²) in [7, 11) is 1.98. The average Bonchev–Trinajstić information content (AvgIpc) is 2.04. The van der Waals surface area contributed by atoms with Gasteiger partial charge in [0.05, 0.1) is 6.07 Å². The molecule has 0 aliphatic heterocycles. The van der Waals surface area contributed by atoms with Crippen LogP contribution in [0.3, 0.4) is 0 Å². The van der Waals surface area contributed by atoms with E-state index < -0.39 is 0 Å². The Balaban J connectivity index is 3.32. The van der Waals surface area contributed by atoms with E-state index in [0.717, 1.165) is 13.1 Å². The molecule has 68 valence electrons. The Morgan fingerprint density at radius 2 is 2.33 bits per heavy atom. The lowest BCUT2D eigenvalue weighted by Crippen LogP contribution is -2.32. The molecule has 0 radical (unpaired) electrons. The van der Waals surface area contributed by atoms with E-state index in [2.05, 4.69) is 17.1 Å². The number of hydrogen-bond donors (Lipinski definition) is 1. The van der Waals surface area contributed by atoms with Crippen molar-refractivity contribution < 1.29 is 4.79 Å². The Labute approximate surface area is 73.2 Å². The van der Waals surface area contributed by atoms with Gasteiger partial charge in [-0.2, -0.15) is 5.26 Å². The van der Waals surface area contributed by atoms with Crippen molar-refractivity contribution in [3.05, 3.63) is 0 Å². The number of nitrogens with zero attached hydrogens (tertiary/aromatic N) is 2. The number of carbonyl (C=O) groups is 1. The van der Waals surface area contributed by atoms with E-state index in [9.17, 15) is 4.79 Å². The van der Waals surface area contributed by atoms with Gasteiger partial charge in [-0.05, 0) is 13.6 Å². The molecular weight excluding hydrogens is 154 g/mol. The van der Waals surface area contributed by atoms with Crippen molar-refractivity contribution >= 4 is 5.91 Å². The quantitative estimate of drug-likeness (QED) is 0.628. The summed E-state index contributed by atoms with van der Waals surface area (Å²) in [6.07, 6.45) is -0.0458. The molecule has 0 spiro atoms. The predicted octanol–water partition coefficient (Wildman–Crippen LogP) is -0.0320. The van der Waals surface area contributed by atoms with Crippen LogP contribution in [0.5, 0.6) is 0 Å². The highest BCUT2D eigenvalue weighted by Crippen LogP contribution is 1.79. The van der Waals surface area contributed by atoms with Gasteiger partial charge in [0.2, 0.25) is 5.91 Å². The van der Waals surface area contributed by atoms with Gasteiger partial charge in [-0.15, -0.1) is 0 Å². The van der Waals surface area contributed by atoms with Crippen LogP contribution in [-0.4, -0.2) is 37.5 Å². The summed E-state index contributed by atoms with van der Waals surface area (Å²) in [6, 6.07) is 1.79. The molecule has 0 saturated heterocycles. The molecule has 0 rings (SSSR count). The third-order valence-corrected chi connectivity index (χ3v) is 1.60. The molecule has 1 N–H and O–H groups in total. The van der Waals surface area contributed by atoms with E-state index in [4.69, 9.17) is 5.26 Å². The monoisotopic (exact) mass is 169 g/mol. The first-order valence-corrected chi connectivity index (χ1v) is 4.03. The fourth-order valence-corrected chi connectivity index (χ4v) is 0.679. The summed E-state index contributed by atoms with van der Waals surface area (Å²) in [5.41, 5.74) is 0. The lowest BCUT2D eigenvalue weighted by molar-refractivity contribution is -0.120. The number of likely N-dealkylation sites (N-methyl/N-ethyl adjacent to an activating group) is 1. The average molecular weight is 169 g/mol. The summed E-state index contributed by atoms with van der Waals surface area (Å²) in [4.78, 5) is 12.9. The zero-order valence-electron chi connectivity index (χ0n) is 7.63. The molecule has 0 atom stereocenters. The van der Waals surface area contributed by atoms with Crippen LogP contribution in [0.1, 0.15) is 13.3 Å². The van der Waals surface area contributed by atoms with Crippen molar-refractivity contribution in [1.29, 1.82) is 5.26 Å². The molecule has 0 saturated carbocycles. The Morgan fingerprint density at radius 1 is 1.67 bits per heavy atom. The van der Waals surface area contributed by atoms with Crippen LogP contribution in [0.15, 0.2) is 0 Å². The van der Waals surface area contributed by atoms with Crippen LogP contribution in [-0.2, 0) is 4.79 Å². The second-order valence-electron chi connectivity index (χ2n) is 2.58. The van der Waals surface area contributed by atoms with Crippen LogP contribution in [0.25, 0.3) is 0 Å². The van der Waals surface area contributed by atoms with Gasteiger partial charge in [0.15, 0.2) is 0 Å². The van der Waals surface area contributed by atoms with Crippen molar-refractivity contribution in [2.75, 3.05) is 26.7 Å². The molecule has 0 bridgehead atoms. The van der Waals surface area contributed by atoms with E-state index in [1.165, 1.54) is 0 Å². The summed E-state index contributed by atoms with van der Waals surface area (Å²) in [5, 5.41) is 10.8. The van der Waals surface area contributed by atoms with Gasteiger partial charge in [0, 0.05) is 13.1 Å². The van der Waals surface area contributed by atoms with Crippen molar-refractivity contribution in [2.24, 2.45) is 0 Å². The first-order chi connectivity index (χ1) is 5.70. The highest BCUT2D eigenvalue weighted by atomic mass is 16.1. The minimum Gasteiger partial charge on any atom is -0.354 e. The lowest BCUT2D eigenvalue weighted by atomic mass is 10.4. The first kappa shape index (κ1) is 10.9. The van der Waals surface area contributed by atoms with Crippen molar-refractivity contribution in [1.82, 2.24) is 10.2 Å².